The van der Waals surface area contributed by atoms with Crippen LogP contribution in [-0.2, 0) is 0 Å². The number of aliphatic hydroxyl groups is 1. The maximum absolute atomic E-state index is 11.2. The van der Waals surface area contributed by atoms with Crippen LogP contribution in [0.4, 0.5) is 5.69 Å². The van der Waals surface area contributed by atoms with Crippen LogP contribution in [0.25, 0.3) is 0 Å². The normalized spacial score (nSPS) is 13.1. The third-order valence-electron chi connectivity index (χ3n) is 4.14. The fraction of sp³-hybridized carbons (Fsp3) is 0.522. The summed E-state index contributed by atoms with van der Waals surface area (Å²) in [5.74, 6) is 0.993. The van der Waals surface area contributed by atoms with Crippen LogP contribution in [0.2, 0.25) is 5.02 Å². The second-order valence-corrected chi connectivity index (χ2v) is 10.1. The van der Waals surface area contributed by atoms with Crippen molar-refractivity contribution in [3.63, 3.8) is 0 Å². The summed E-state index contributed by atoms with van der Waals surface area (Å²) in [6, 6.07) is 7.11. The first-order chi connectivity index (χ1) is 13.4. The van der Waals surface area contributed by atoms with Crippen LogP contribution in [0.15, 0.2) is 30.5 Å². The van der Waals surface area contributed by atoms with Gasteiger partial charge in [0.1, 0.15) is 11.9 Å². The summed E-state index contributed by atoms with van der Waals surface area (Å²) in [7, 11) is 1.53. The first-order valence-electron chi connectivity index (χ1n) is 9.78. The zero-order valence-electron chi connectivity index (χ0n) is 18.5. The van der Waals surface area contributed by atoms with Crippen molar-refractivity contribution in [3.8, 4) is 11.6 Å². The van der Waals surface area contributed by atoms with Gasteiger partial charge in [-0.1, -0.05) is 53.1 Å². The number of methoxy groups -OCH3 is 1. The van der Waals surface area contributed by atoms with E-state index in [0.29, 0.717) is 40.9 Å². The highest BCUT2D eigenvalue weighted by Gasteiger charge is 2.24. The Morgan fingerprint density at radius 3 is 2.38 bits per heavy atom. The van der Waals surface area contributed by atoms with E-state index in [2.05, 4.69) is 51.8 Å². The molecule has 0 aliphatic carbocycles. The number of pyridine rings is 1. The third-order valence-corrected chi connectivity index (χ3v) is 4.35. The van der Waals surface area contributed by atoms with E-state index in [1.165, 1.54) is 7.11 Å². The molecule has 0 radical (unpaired) electrons. The maximum Gasteiger partial charge on any atom is 0.219 e. The molecule has 0 amide bonds. The number of ether oxygens (including phenoxy) is 2. The number of nitrogens with one attached hydrogen (secondary N) is 1. The minimum Gasteiger partial charge on any atom is -0.491 e. The van der Waals surface area contributed by atoms with Gasteiger partial charge in [-0.25, -0.2) is 4.98 Å². The topological polar surface area (TPSA) is 63.6 Å². The molecule has 0 unspecified atom stereocenters. The molecule has 0 spiro atoms. The van der Waals surface area contributed by atoms with Crippen molar-refractivity contribution in [3.05, 3.63) is 46.6 Å². The zero-order valence-corrected chi connectivity index (χ0v) is 19.2. The molecular formula is C23H33ClN2O3. The molecule has 1 heterocycles. The first-order valence-corrected chi connectivity index (χ1v) is 10.2. The summed E-state index contributed by atoms with van der Waals surface area (Å²) < 4.78 is 11.5. The van der Waals surface area contributed by atoms with Gasteiger partial charge in [0.25, 0.3) is 0 Å². The fourth-order valence-electron chi connectivity index (χ4n) is 2.72. The van der Waals surface area contributed by atoms with Crippen molar-refractivity contribution in [2.24, 2.45) is 10.8 Å². The Balaban J connectivity index is 2.54. The highest BCUT2D eigenvalue weighted by Crippen LogP contribution is 2.41. The van der Waals surface area contributed by atoms with E-state index in [1.54, 1.807) is 30.5 Å². The molecule has 0 bridgehead atoms. The SMILES string of the molecule is COc1ncccc1[C@@H](O)c1cc(Cl)cc(OCC(C)(C)C)c1NCC(C)(C)C. The molecule has 6 heteroatoms. The van der Waals surface area contributed by atoms with Crippen molar-refractivity contribution >= 4 is 17.3 Å². The van der Waals surface area contributed by atoms with Gasteiger partial charge in [-0.15, -0.1) is 0 Å². The van der Waals surface area contributed by atoms with E-state index in [1.807, 2.05) is 0 Å². The van der Waals surface area contributed by atoms with Crippen LogP contribution in [0, 0.1) is 10.8 Å². The zero-order chi connectivity index (χ0) is 21.8. The molecule has 0 saturated heterocycles. The quantitative estimate of drug-likeness (QED) is 0.600. The minimum absolute atomic E-state index is 0.0189. The number of nitrogens with zero attached hydrogens (tertiary/aromatic N) is 1. The number of rotatable bonds is 7. The lowest BCUT2D eigenvalue weighted by atomic mass is 9.95. The number of hydrogen-bond acceptors (Lipinski definition) is 5. The van der Waals surface area contributed by atoms with Gasteiger partial charge < -0.3 is 19.9 Å². The molecule has 29 heavy (non-hydrogen) atoms. The molecular weight excluding hydrogens is 388 g/mol. The van der Waals surface area contributed by atoms with Crippen molar-refractivity contribution in [2.45, 2.75) is 47.6 Å². The van der Waals surface area contributed by atoms with E-state index >= 15 is 0 Å². The number of aromatic nitrogens is 1. The van der Waals surface area contributed by atoms with Gasteiger partial charge in [-0.05, 0) is 29.0 Å². The Kier molecular flexibility index (Phi) is 7.41. The van der Waals surface area contributed by atoms with Crippen LogP contribution in [0.5, 0.6) is 11.6 Å². The lowest BCUT2D eigenvalue weighted by molar-refractivity contribution is 0.196. The number of aliphatic hydroxyl groups excluding tert-OH is 1. The predicted molar refractivity (Wildman–Crippen MR) is 119 cm³/mol. The Labute approximate surface area is 179 Å². The van der Waals surface area contributed by atoms with E-state index < -0.39 is 6.10 Å². The van der Waals surface area contributed by atoms with E-state index in [9.17, 15) is 5.11 Å². The number of anilines is 1. The summed E-state index contributed by atoms with van der Waals surface area (Å²) >= 11 is 6.40. The van der Waals surface area contributed by atoms with Gasteiger partial charge in [0, 0.05) is 35.0 Å². The highest BCUT2D eigenvalue weighted by atomic mass is 35.5. The van der Waals surface area contributed by atoms with E-state index in [4.69, 9.17) is 21.1 Å². The predicted octanol–water partition coefficient (Wildman–Crippen LogP) is 5.71. The van der Waals surface area contributed by atoms with Gasteiger partial charge in [-0.3, -0.25) is 0 Å². The Morgan fingerprint density at radius 2 is 1.79 bits per heavy atom. The summed E-state index contributed by atoms with van der Waals surface area (Å²) in [5, 5.41) is 15.2. The Bertz CT molecular complexity index is 826. The summed E-state index contributed by atoms with van der Waals surface area (Å²) in [6.07, 6.45) is 0.653. The number of halogens is 1. The van der Waals surface area contributed by atoms with Gasteiger partial charge in [0.05, 0.1) is 19.4 Å². The molecule has 5 nitrogen and oxygen atoms in total. The lowest BCUT2D eigenvalue weighted by Gasteiger charge is -2.27. The summed E-state index contributed by atoms with van der Waals surface area (Å²) in [5.41, 5.74) is 1.94. The largest absolute Gasteiger partial charge is 0.491 e. The molecule has 1 aromatic heterocycles. The molecule has 1 atom stereocenters. The molecule has 0 aliphatic rings. The number of benzene rings is 1. The van der Waals surface area contributed by atoms with Crippen molar-refractivity contribution in [1.82, 2.24) is 4.98 Å². The second kappa shape index (κ2) is 9.23. The monoisotopic (exact) mass is 420 g/mol. The second-order valence-electron chi connectivity index (χ2n) is 9.64. The fourth-order valence-corrected chi connectivity index (χ4v) is 2.93. The summed E-state index contributed by atoms with van der Waals surface area (Å²) in [4.78, 5) is 4.21. The average Bonchev–Trinajstić information content (AvgIpc) is 2.63. The molecule has 2 aromatic rings. The van der Waals surface area contributed by atoms with E-state index in [-0.39, 0.29) is 10.8 Å². The first kappa shape index (κ1) is 23.3. The average molecular weight is 421 g/mol. The molecule has 0 saturated carbocycles. The van der Waals surface area contributed by atoms with Gasteiger partial charge >= 0.3 is 0 Å². The molecule has 2 N–H and O–H groups in total. The Hall–Kier alpha value is -1.98. The number of hydrogen-bond donors (Lipinski definition) is 2. The molecule has 2 rings (SSSR count). The van der Waals surface area contributed by atoms with Crippen LogP contribution in [0.1, 0.15) is 58.8 Å². The van der Waals surface area contributed by atoms with Crippen molar-refractivity contribution < 1.29 is 14.6 Å². The summed E-state index contributed by atoms with van der Waals surface area (Å²) in [6.45, 7) is 14.0. The van der Waals surface area contributed by atoms with Gasteiger partial charge in [-0.2, -0.15) is 0 Å². The smallest absolute Gasteiger partial charge is 0.219 e. The van der Waals surface area contributed by atoms with E-state index in [0.717, 1.165) is 5.69 Å². The molecule has 0 fully saturated rings. The third kappa shape index (κ3) is 6.79. The standard InChI is InChI=1S/C23H33ClN2O3/c1-22(2,3)13-26-19-17(20(27)16-9-8-10-25-21(16)28-7)11-15(24)12-18(19)29-14-23(4,5)6/h8-12,20,26-27H,13-14H2,1-7H3/t20-/m1/s1. The van der Waals surface area contributed by atoms with Gasteiger partial charge in [0.2, 0.25) is 5.88 Å². The van der Waals surface area contributed by atoms with Crippen LogP contribution >= 0.6 is 11.6 Å². The van der Waals surface area contributed by atoms with Crippen molar-refractivity contribution in [2.75, 3.05) is 25.6 Å². The highest BCUT2D eigenvalue weighted by molar-refractivity contribution is 6.31. The van der Waals surface area contributed by atoms with Crippen LogP contribution < -0.4 is 14.8 Å². The van der Waals surface area contributed by atoms with Crippen LogP contribution in [-0.4, -0.2) is 30.4 Å². The molecule has 1 aromatic carbocycles. The van der Waals surface area contributed by atoms with Crippen molar-refractivity contribution in [1.29, 1.82) is 0 Å². The Morgan fingerprint density at radius 1 is 1.10 bits per heavy atom. The molecule has 160 valence electrons. The van der Waals surface area contributed by atoms with Gasteiger partial charge in [0.15, 0.2) is 0 Å². The minimum atomic E-state index is -0.975. The lowest BCUT2D eigenvalue weighted by Crippen LogP contribution is -2.22. The maximum atomic E-state index is 11.2. The molecule has 0 aliphatic heterocycles. The van der Waals surface area contributed by atoms with Crippen LogP contribution in [0.3, 0.4) is 0 Å².